The van der Waals surface area contributed by atoms with Gasteiger partial charge in [-0.3, -0.25) is 4.90 Å². The van der Waals surface area contributed by atoms with E-state index in [1.54, 1.807) is 7.11 Å². The largest absolute Gasteiger partial charge is 0.383 e. The van der Waals surface area contributed by atoms with Crippen molar-refractivity contribution in [2.24, 2.45) is 0 Å². The van der Waals surface area contributed by atoms with Gasteiger partial charge in [-0.15, -0.1) is 0 Å². The molecule has 0 aliphatic carbocycles. The summed E-state index contributed by atoms with van der Waals surface area (Å²) in [6.45, 7) is 5.68. The summed E-state index contributed by atoms with van der Waals surface area (Å²) in [5, 5.41) is 0. The highest BCUT2D eigenvalue weighted by Crippen LogP contribution is 2.16. The second-order valence-electron chi connectivity index (χ2n) is 3.29. The van der Waals surface area contributed by atoms with Crippen molar-refractivity contribution in [1.82, 2.24) is 4.90 Å². The van der Waals surface area contributed by atoms with Gasteiger partial charge in [-0.2, -0.15) is 0 Å². The first kappa shape index (κ1) is 9.01. The molecule has 0 aromatic rings. The second-order valence-corrected chi connectivity index (χ2v) is 3.29. The van der Waals surface area contributed by atoms with Crippen molar-refractivity contribution in [3.63, 3.8) is 0 Å². The Kier molecular flexibility index (Phi) is 3.87. The fourth-order valence-corrected chi connectivity index (χ4v) is 1.86. The predicted octanol–water partition coefficient (Wildman–Crippen LogP) is 1.51. The molecular weight excluding hydrogens is 138 g/mol. The maximum Gasteiger partial charge on any atom is 0.0618 e. The molecule has 0 amide bonds. The standard InChI is InChI=1S/C9H19NO/c1-3-6-10-7-4-5-9(10)8-11-2/h9H,3-8H2,1-2H3/t9-/m1/s1. The van der Waals surface area contributed by atoms with Gasteiger partial charge in [0.1, 0.15) is 0 Å². The van der Waals surface area contributed by atoms with Gasteiger partial charge in [-0.05, 0) is 32.4 Å². The summed E-state index contributed by atoms with van der Waals surface area (Å²) < 4.78 is 5.16. The zero-order valence-corrected chi connectivity index (χ0v) is 7.68. The van der Waals surface area contributed by atoms with Crippen LogP contribution in [0.5, 0.6) is 0 Å². The van der Waals surface area contributed by atoms with E-state index in [4.69, 9.17) is 4.74 Å². The van der Waals surface area contributed by atoms with E-state index in [0.29, 0.717) is 6.04 Å². The molecule has 0 aromatic carbocycles. The van der Waals surface area contributed by atoms with Crippen molar-refractivity contribution in [2.75, 3.05) is 26.8 Å². The second kappa shape index (κ2) is 4.73. The Morgan fingerprint density at radius 1 is 1.55 bits per heavy atom. The van der Waals surface area contributed by atoms with Gasteiger partial charge in [0, 0.05) is 13.2 Å². The maximum absolute atomic E-state index is 5.16. The molecule has 0 radical (unpaired) electrons. The summed E-state index contributed by atoms with van der Waals surface area (Å²) in [6.07, 6.45) is 3.95. The number of hydrogen-bond donors (Lipinski definition) is 0. The minimum atomic E-state index is 0.708. The molecule has 0 aromatic heterocycles. The van der Waals surface area contributed by atoms with Crippen molar-refractivity contribution in [2.45, 2.75) is 32.2 Å². The van der Waals surface area contributed by atoms with Crippen LogP contribution >= 0.6 is 0 Å². The zero-order valence-electron chi connectivity index (χ0n) is 7.68. The summed E-state index contributed by atoms with van der Waals surface area (Å²) in [4.78, 5) is 2.55. The van der Waals surface area contributed by atoms with Crippen molar-refractivity contribution in [1.29, 1.82) is 0 Å². The molecule has 1 atom stereocenters. The molecule has 0 N–H and O–H groups in total. The fourth-order valence-electron chi connectivity index (χ4n) is 1.86. The fraction of sp³-hybridized carbons (Fsp3) is 1.00. The van der Waals surface area contributed by atoms with E-state index in [9.17, 15) is 0 Å². The van der Waals surface area contributed by atoms with Crippen LogP contribution in [0.25, 0.3) is 0 Å². The number of rotatable bonds is 4. The molecule has 0 unspecified atom stereocenters. The van der Waals surface area contributed by atoms with Gasteiger partial charge in [0.25, 0.3) is 0 Å². The Hall–Kier alpha value is -0.0800. The molecule has 1 saturated heterocycles. The number of hydrogen-bond acceptors (Lipinski definition) is 2. The Balaban J connectivity index is 2.25. The summed E-state index contributed by atoms with van der Waals surface area (Å²) in [7, 11) is 1.79. The van der Waals surface area contributed by atoms with Crippen molar-refractivity contribution in [3.05, 3.63) is 0 Å². The summed E-state index contributed by atoms with van der Waals surface area (Å²) in [5.41, 5.74) is 0. The van der Waals surface area contributed by atoms with Gasteiger partial charge < -0.3 is 4.74 Å². The van der Waals surface area contributed by atoms with E-state index < -0.39 is 0 Å². The Morgan fingerprint density at radius 3 is 3.00 bits per heavy atom. The Morgan fingerprint density at radius 2 is 2.36 bits per heavy atom. The van der Waals surface area contributed by atoms with Crippen molar-refractivity contribution >= 4 is 0 Å². The van der Waals surface area contributed by atoms with Gasteiger partial charge in [0.2, 0.25) is 0 Å². The zero-order chi connectivity index (χ0) is 8.10. The van der Waals surface area contributed by atoms with E-state index in [2.05, 4.69) is 11.8 Å². The lowest BCUT2D eigenvalue weighted by Gasteiger charge is -2.22. The smallest absolute Gasteiger partial charge is 0.0618 e. The van der Waals surface area contributed by atoms with Gasteiger partial charge in [-0.1, -0.05) is 6.92 Å². The van der Waals surface area contributed by atoms with Gasteiger partial charge in [0.15, 0.2) is 0 Å². The van der Waals surface area contributed by atoms with E-state index in [0.717, 1.165) is 6.61 Å². The van der Waals surface area contributed by atoms with Gasteiger partial charge in [0.05, 0.1) is 6.61 Å². The van der Waals surface area contributed by atoms with Crippen LogP contribution in [0.2, 0.25) is 0 Å². The summed E-state index contributed by atoms with van der Waals surface area (Å²) >= 11 is 0. The first-order valence-corrected chi connectivity index (χ1v) is 4.61. The van der Waals surface area contributed by atoms with Crippen LogP contribution in [0.3, 0.4) is 0 Å². The van der Waals surface area contributed by atoms with E-state index >= 15 is 0 Å². The highest BCUT2D eigenvalue weighted by molar-refractivity contribution is 4.77. The molecule has 0 spiro atoms. The molecule has 2 nitrogen and oxygen atoms in total. The topological polar surface area (TPSA) is 12.5 Å². The van der Waals surface area contributed by atoms with Crippen LogP contribution in [0.4, 0.5) is 0 Å². The van der Waals surface area contributed by atoms with Crippen LogP contribution in [-0.2, 0) is 4.74 Å². The molecule has 1 aliphatic rings. The Labute approximate surface area is 69.5 Å². The SMILES string of the molecule is CCCN1CCC[C@@H]1COC. The van der Waals surface area contributed by atoms with Crippen LogP contribution < -0.4 is 0 Å². The minimum Gasteiger partial charge on any atom is -0.383 e. The molecule has 2 heteroatoms. The van der Waals surface area contributed by atoms with E-state index in [1.807, 2.05) is 0 Å². The highest BCUT2D eigenvalue weighted by atomic mass is 16.5. The van der Waals surface area contributed by atoms with Gasteiger partial charge >= 0.3 is 0 Å². The van der Waals surface area contributed by atoms with E-state index in [1.165, 1.54) is 32.4 Å². The van der Waals surface area contributed by atoms with Crippen LogP contribution in [0.1, 0.15) is 26.2 Å². The summed E-state index contributed by atoms with van der Waals surface area (Å²) in [6, 6.07) is 0.708. The number of ether oxygens (including phenoxy) is 1. The molecule has 0 bridgehead atoms. The maximum atomic E-state index is 5.16. The monoisotopic (exact) mass is 157 g/mol. The van der Waals surface area contributed by atoms with E-state index in [-0.39, 0.29) is 0 Å². The molecular formula is C9H19NO. The first-order chi connectivity index (χ1) is 5.38. The Bertz CT molecular complexity index is 93.7. The number of likely N-dealkylation sites (tertiary alicyclic amines) is 1. The van der Waals surface area contributed by atoms with Crippen LogP contribution in [-0.4, -0.2) is 37.7 Å². The lowest BCUT2D eigenvalue weighted by atomic mass is 10.2. The molecule has 1 rings (SSSR count). The molecule has 11 heavy (non-hydrogen) atoms. The van der Waals surface area contributed by atoms with Gasteiger partial charge in [-0.25, -0.2) is 0 Å². The quantitative estimate of drug-likeness (QED) is 0.613. The average molecular weight is 157 g/mol. The lowest BCUT2D eigenvalue weighted by Crippen LogP contribution is -2.33. The third-order valence-corrected chi connectivity index (χ3v) is 2.37. The highest BCUT2D eigenvalue weighted by Gasteiger charge is 2.22. The van der Waals surface area contributed by atoms with Crippen molar-refractivity contribution < 1.29 is 4.74 Å². The molecule has 66 valence electrons. The third-order valence-electron chi connectivity index (χ3n) is 2.37. The molecule has 1 heterocycles. The minimum absolute atomic E-state index is 0.708. The first-order valence-electron chi connectivity index (χ1n) is 4.61. The normalized spacial score (nSPS) is 26.2. The average Bonchev–Trinajstić information content (AvgIpc) is 2.39. The number of nitrogens with zero attached hydrogens (tertiary/aromatic N) is 1. The van der Waals surface area contributed by atoms with Crippen molar-refractivity contribution in [3.8, 4) is 0 Å². The summed E-state index contributed by atoms with van der Waals surface area (Å²) in [5.74, 6) is 0. The molecule has 0 saturated carbocycles. The third kappa shape index (κ3) is 2.46. The van der Waals surface area contributed by atoms with Crippen LogP contribution in [0, 0.1) is 0 Å². The lowest BCUT2D eigenvalue weighted by molar-refractivity contribution is 0.115. The molecule has 1 fully saturated rings. The molecule has 1 aliphatic heterocycles. The predicted molar refractivity (Wildman–Crippen MR) is 46.8 cm³/mol. The van der Waals surface area contributed by atoms with Crippen LogP contribution in [0.15, 0.2) is 0 Å². The number of methoxy groups -OCH3 is 1.